The maximum absolute atomic E-state index is 14.5. The third kappa shape index (κ3) is 21.8. The number of alkyl carbamates (subject to hydrolysis) is 1. The molecule has 99 heavy (non-hydrogen) atoms. The largest absolute Gasteiger partial charge is 0.495 e. The molecule has 3 aliphatic heterocycles. The topological polar surface area (TPSA) is 253 Å². The van der Waals surface area contributed by atoms with Crippen LogP contribution in [0.3, 0.4) is 0 Å². The number of anilines is 1. The van der Waals surface area contributed by atoms with Crippen molar-refractivity contribution in [3.63, 3.8) is 0 Å². The van der Waals surface area contributed by atoms with Crippen LogP contribution in [-0.2, 0) is 83.8 Å². The van der Waals surface area contributed by atoms with Gasteiger partial charge in [0.2, 0.25) is 17.7 Å². The molecule has 8 atom stereocenters. The zero-order valence-corrected chi connectivity index (χ0v) is 59.9. The minimum Gasteiger partial charge on any atom is -0.495 e. The summed E-state index contributed by atoms with van der Waals surface area (Å²) in [5.74, 6) is -0.134. The van der Waals surface area contributed by atoms with Crippen molar-refractivity contribution in [2.24, 2.45) is 5.92 Å². The van der Waals surface area contributed by atoms with E-state index in [4.69, 9.17) is 40.0 Å². The Morgan fingerprint density at radius 2 is 1.39 bits per heavy atom. The molecule has 4 bridgehead atoms. The SMILES string of the molecule is COc1cc2cc(c1Cl)N(C)C(=O)C[C@H](OC(=O)[C@@H](C)N(C)C(=O)CCSSCCC(=O)NCCCCOc1cc(CN(Cc3ccccn3)Cc3ccccn3)cc(CN(Cc3ccccn3)Cc3ccccn3)c1)[C@@]1(C)OC1[C@@H](C)C1C[C@](O)(NC(=O)O1)[C@@H](OC)/C=C\C=C(/C)C2. The number of allylic oxidation sites excluding steroid dienone is 3. The first-order valence-electron chi connectivity index (χ1n) is 33.4. The van der Waals surface area contributed by atoms with Gasteiger partial charge in [-0.1, -0.05) is 94.2 Å². The maximum Gasteiger partial charge on any atom is 0.409 e. The second-order valence-electron chi connectivity index (χ2n) is 25.5. The van der Waals surface area contributed by atoms with E-state index in [0.29, 0.717) is 101 Å². The van der Waals surface area contributed by atoms with E-state index >= 15 is 0 Å². The van der Waals surface area contributed by atoms with Gasteiger partial charge in [-0.3, -0.25) is 49.4 Å². The van der Waals surface area contributed by atoms with Crippen LogP contribution >= 0.6 is 33.2 Å². The number of hydrogen-bond donors (Lipinski definition) is 3. The van der Waals surface area contributed by atoms with E-state index in [1.807, 2.05) is 111 Å². The van der Waals surface area contributed by atoms with Gasteiger partial charge in [0, 0.05) is 128 Å². The number of epoxide rings is 1. The summed E-state index contributed by atoms with van der Waals surface area (Å²) in [6.07, 6.45) is 9.69. The van der Waals surface area contributed by atoms with E-state index in [-0.39, 0.29) is 36.1 Å². The van der Waals surface area contributed by atoms with Gasteiger partial charge in [-0.05, 0) is 130 Å². The van der Waals surface area contributed by atoms with Gasteiger partial charge in [0.05, 0.1) is 54.7 Å². The number of rotatable bonds is 30. The second-order valence-corrected chi connectivity index (χ2v) is 28.6. The van der Waals surface area contributed by atoms with Gasteiger partial charge >= 0.3 is 12.1 Å². The van der Waals surface area contributed by atoms with Crippen molar-refractivity contribution in [2.45, 2.75) is 154 Å². The molecule has 2 unspecified atom stereocenters. The Bertz CT molecular complexity index is 3530. The van der Waals surface area contributed by atoms with E-state index in [9.17, 15) is 29.1 Å². The normalized spacial score (nSPS) is 22.0. The molecule has 4 amide bonds. The van der Waals surface area contributed by atoms with E-state index in [2.05, 4.69) is 58.6 Å². The highest BCUT2D eigenvalue weighted by atomic mass is 35.5. The molecule has 3 N–H and O–H groups in total. The van der Waals surface area contributed by atoms with Crippen LogP contribution in [0, 0.1) is 5.92 Å². The highest BCUT2D eigenvalue weighted by molar-refractivity contribution is 8.76. The van der Waals surface area contributed by atoms with Crippen LogP contribution in [0.2, 0.25) is 5.02 Å². The van der Waals surface area contributed by atoms with Crippen molar-refractivity contribution >= 4 is 68.7 Å². The lowest BCUT2D eigenvalue weighted by atomic mass is 9.83. The monoisotopic (exact) mass is 1410 g/mol. The minimum absolute atomic E-state index is 0.0729. The molecule has 2 saturated heterocycles. The van der Waals surface area contributed by atoms with Crippen molar-refractivity contribution in [1.82, 2.24) is 45.3 Å². The van der Waals surface area contributed by atoms with Gasteiger partial charge in [0.25, 0.3) is 0 Å². The average molecular weight is 1410 g/mol. The Labute approximate surface area is 593 Å². The first-order valence-corrected chi connectivity index (χ1v) is 36.2. The zero-order chi connectivity index (χ0) is 70.5. The number of aliphatic hydroxyl groups is 1. The average Bonchev–Trinajstić information content (AvgIpc) is 1.58. The number of ether oxygens (including phenoxy) is 6. The molecule has 2 aromatic carbocycles. The van der Waals surface area contributed by atoms with Gasteiger partial charge in [0.15, 0.2) is 5.72 Å². The predicted molar refractivity (Wildman–Crippen MR) is 382 cm³/mol. The lowest BCUT2D eigenvalue weighted by Crippen LogP contribution is -2.63. The number of nitrogens with zero attached hydrogens (tertiary/aromatic N) is 8. The summed E-state index contributed by atoms with van der Waals surface area (Å²) in [5.41, 5.74) is 4.92. The summed E-state index contributed by atoms with van der Waals surface area (Å²) in [6.45, 7) is 11.7. The molecule has 4 aromatic heterocycles. The molecule has 0 aliphatic carbocycles. The van der Waals surface area contributed by atoms with Gasteiger partial charge < -0.3 is 48.6 Å². The van der Waals surface area contributed by atoms with Crippen LogP contribution in [0.5, 0.6) is 11.5 Å². The van der Waals surface area contributed by atoms with Gasteiger partial charge in [-0.2, -0.15) is 0 Å². The molecule has 7 heterocycles. The number of esters is 1. The van der Waals surface area contributed by atoms with Crippen molar-refractivity contribution < 1.29 is 57.5 Å². The summed E-state index contributed by atoms with van der Waals surface area (Å²) in [5, 5.41) is 17.7. The number of pyridine rings is 4. The van der Waals surface area contributed by atoms with E-state index in [1.165, 1.54) is 52.7 Å². The summed E-state index contributed by atoms with van der Waals surface area (Å²) >= 11 is 6.87. The summed E-state index contributed by atoms with van der Waals surface area (Å²) < 4.78 is 36.2. The fraction of sp³-hybridized carbons (Fsp3) is 0.446. The number of halogens is 1. The number of likely N-dealkylation sites (N-methyl/N-ethyl adjacent to an activating group) is 1. The highest BCUT2D eigenvalue weighted by Crippen LogP contribution is 2.49. The number of methoxy groups -OCH3 is 2. The molecular formula is C74H91ClN10O12S2. The van der Waals surface area contributed by atoms with Gasteiger partial charge in [-0.15, -0.1) is 0 Å². The Kier molecular flexibility index (Phi) is 27.7. The van der Waals surface area contributed by atoms with Crippen LogP contribution < -0.4 is 25.0 Å². The summed E-state index contributed by atoms with van der Waals surface area (Å²) in [7, 11) is 8.96. The Hall–Kier alpha value is -7.94. The van der Waals surface area contributed by atoms with Crippen LogP contribution in [0.4, 0.5) is 10.5 Å². The summed E-state index contributed by atoms with van der Waals surface area (Å²) in [4.78, 5) is 94.4. The Morgan fingerprint density at radius 3 is 1.94 bits per heavy atom. The molecule has 22 nitrogen and oxygen atoms in total. The van der Waals surface area contributed by atoms with Crippen molar-refractivity contribution in [2.75, 3.05) is 57.9 Å². The number of nitrogens with one attached hydrogen (secondary N) is 2. The van der Waals surface area contributed by atoms with Crippen molar-refractivity contribution in [3.05, 3.63) is 196 Å². The van der Waals surface area contributed by atoms with Gasteiger partial charge in [-0.25, -0.2) is 9.59 Å². The third-order valence-electron chi connectivity index (χ3n) is 17.9. The Balaban J connectivity index is 0.752. The number of unbranched alkanes of at least 4 members (excludes halogenated alkanes) is 1. The molecule has 528 valence electrons. The first-order chi connectivity index (χ1) is 47.7. The number of hydrogen-bond acceptors (Lipinski definition) is 20. The Morgan fingerprint density at radius 1 is 0.818 bits per heavy atom. The number of benzene rings is 2. The van der Waals surface area contributed by atoms with Gasteiger partial charge in [0.1, 0.15) is 46.5 Å². The molecule has 25 heteroatoms. The minimum atomic E-state index is -1.87. The fourth-order valence-corrected chi connectivity index (χ4v) is 14.5. The van der Waals surface area contributed by atoms with E-state index in [0.717, 1.165) is 50.8 Å². The standard InChI is InChI=1S/C74H91ClN10O12S2/c1-50-20-19-25-64(93-8)74(91)43-63(95-72(90)81-74)51(2)70-73(4,97-70)65(42-68(88)83(6)61-40-53(36-50)41-62(92-7)69(61)75)96-71(89)52(3)82(5)67(87)27-35-99-98-34-26-66(86)80-32-17-18-33-94-60-38-54(44-84(46-56-21-9-13-28-76-56)47-57-22-10-14-29-77-57)37-55(39-60)45-85(48-58-23-11-15-30-78-58)49-59-24-12-16-31-79-59/h9-16,19-25,28-31,37-41,51-52,63-65,70,91H,17-18,26-27,32-36,42-49H2,1-8H3,(H,80,86)(H,81,90)/b25-19-,50-20+/t51-,52+,63?,64-,65-,70?,73+,74+/m0/s1. The number of fused-ring (bicyclic) bond motifs is 5. The number of carbonyl (C=O) groups excluding carboxylic acids is 5. The quantitative estimate of drug-likeness (QED) is 0.0164. The second kappa shape index (κ2) is 36.4. The lowest BCUT2D eigenvalue weighted by molar-refractivity contribution is -0.162. The number of aromatic nitrogens is 4. The molecular weight excluding hydrogens is 1320 g/mol. The lowest BCUT2D eigenvalue weighted by Gasteiger charge is -2.42. The summed E-state index contributed by atoms with van der Waals surface area (Å²) in [6, 6.07) is 32.8. The van der Waals surface area contributed by atoms with E-state index in [1.54, 1.807) is 52.1 Å². The highest BCUT2D eigenvalue weighted by Gasteiger charge is 2.64. The smallest absolute Gasteiger partial charge is 0.409 e. The van der Waals surface area contributed by atoms with Crippen molar-refractivity contribution in [1.29, 1.82) is 0 Å². The third-order valence-corrected chi connectivity index (χ3v) is 20.7. The molecule has 0 radical (unpaired) electrons. The molecule has 9 rings (SSSR count). The van der Waals surface area contributed by atoms with Crippen LogP contribution in [0.15, 0.2) is 152 Å². The van der Waals surface area contributed by atoms with E-state index < -0.39 is 65.7 Å². The number of carbonyl (C=O) groups is 5. The van der Waals surface area contributed by atoms with Crippen LogP contribution in [0.1, 0.15) is 106 Å². The van der Waals surface area contributed by atoms with Crippen LogP contribution in [0.25, 0.3) is 0 Å². The fourth-order valence-electron chi connectivity index (χ4n) is 12.2. The number of amides is 4. The maximum atomic E-state index is 14.5. The molecule has 0 saturated carbocycles. The molecule has 6 aromatic rings. The predicted octanol–water partition coefficient (Wildman–Crippen LogP) is 10.6. The van der Waals surface area contributed by atoms with Crippen molar-refractivity contribution in [3.8, 4) is 11.5 Å². The molecule has 2 fully saturated rings. The molecule has 3 aliphatic rings. The first kappa shape index (κ1) is 75.3. The van der Waals surface area contributed by atoms with Crippen LogP contribution in [-0.4, -0.2) is 164 Å². The zero-order valence-electron chi connectivity index (χ0n) is 57.6. The molecule has 0 spiro atoms.